The molecule has 2 amide bonds. The van der Waals surface area contributed by atoms with Gasteiger partial charge in [-0.15, -0.1) is 0 Å². The topological polar surface area (TPSA) is 92.8 Å². The first-order valence-electron chi connectivity index (χ1n) is 8.36. The molecule has 1 N–H and O–H groups in total. The first-order valence-corrected chi connectivity index (χ1v) is 9.97. The van der Waals surface area contributed by atoms with Crippen LogP contribution < -0.4 is 14.4 Å². The number of rotatable bonds is 4. The van der Waals surface area contributed by atoms with Crippen LogP contribution in [-0.2, 0) is 14.8 Å². The Labute approximate surface area is 158 Å². The number of nitrogens with one attached hydrogen (secondary N) is 1. The van der Waals surface area contributed by atoms with Gasteiger partial charge in [-0.05, 0) is 48.9 Å². The van der Waals surface area contributed by atoms with Crippen LogP contribution in [0.2, 0.25) is 0 Å². The van der Waals surface area contributed by atoms with Crippen LogP contribution in [0.1, 0.15) is 22.8 Å². The Kier molecular flexibility index (Phi) is 4.93. The Morgan fingerprint density at radius 3 is 2.41 bits per heavy atom. The van der Waals surface area contributed by atoms with Gasteiger partial charge in [0.15, 0.2) is 0 Å². The van der Waals surface area contributed by atoms with Gasteiger partial charge in [0.25, 0.3) is 5.91 Å². The van der Waals surface area contributed by atoms with Gasteiger partial charge in [-0.3, -0.25) is 9.59 Å². The Morgan fingerprint density at radius 1 is 1.19 bits per heavy atom. The van der Waals surface area contributed by atoms with E-state index in [0.29, 0.717) is 17.0 Å². The summed E-state index contributed by atoms with van der Waals surface area (Å²) in [5.41, 5.74) is 2.07. The smallest absolute Gasteiger partial charge is 0.255 e. The third-order valence-corrected chi connectivity index (χ3v) is 6.20. The van der Waals surface area contributed by atoms with Crippen LogP contribution in [0.5, 0.6) is 5.75 Å². The minimum Gasteiger partial charge on any atom is -0.495 e. The summed E-state index contributed by atoms with van der Waals surface area (Å²) in [6.45, 7) is 3.48. The van der Waals surface area contributed by atoms with Crippen LogP contribution in [0, 0.1) is 12.8 Å². The first kappa shape index (κ1) is 18.9. The van der Waals surface area contributed by atoms with Crippen LogP contribution in [0.4, 0.5) is 11.4 Å². The van der Waals surface area contributed by atoms with Crippen molar-refractivity contribution in [1.29, 1.82) is 0 Å². The lowest BCUT2D eigenvalue weighted by molar-refractivity contribution is -0.119. The second-order valence-corrected chi connectivity index (χ2v) is 8.35. The number of carbonyl (C=O) groups is 2. The molecular formula is C19H20N2O5S. The van der Waals surface area contributed by atoms with E-state index < -0.39 is 21.8 Å². The molecular weight excluding hydrogens is 368 g/mol. The molecule has 1 aliphatic heterocycles. The molecule has 1 atom stereocenters. The molecule has 1 unspecified atom stereocenters. The van der Waals surface area contributed by atoms with E-state index >= 15 is 0 Å². The third kappa shape index (κ3) is 3.66. The summed E-state index contributed by atoms with van der Waals surface area (Å²) in [4.78, 5) is 24.6. The maximum Gasteiger partial charge on any atom is 0.255 e. The zero-order chi connectivity index (χ0) is 19.8. The highest BCUT2D eigenvalue weighted by Crippen LogP contribution is 2.29. The van der Waals surface area contributed by atoms with E-state index in [-0.39, 0.29) is 17.3 Å². The summed E-state index contributed by atoms with van der Waals surface area (Å²) in [6, 6.07) is 11.3. The van der Waals surface area contributed by atoms with Gasteiger partial charge in [0, 0.05) is 5.56 Å². The zero-order valence-electron chi connectivity index (χ0n) is 15.2. The molecule has 27 heavy (non-hydrogen) atoms. The summed E-state index contributed by atoms with van der Waals surface area (Å²) < 4.78 is 30.4. The molecule has 0 aromatic heterocycles. The fourth-order valence-electron chi connectivity index (χ4n) is 2.95. The van der Waals surface area contributed by atoms with E-state index in [1.54, 1.807) is 19.1 Å². The van der Waals surface area contributed by atoms with E-state index in [1.807, 2.05) is 13.0 Å². The van der Waals surface area contributed by atoms with E-state index in [2.05, 4.69) is 5.32 Å². The second kappa shape index (κ2) is 7.03. The number of anilines is 2. The molecule has 2 aromatic rings. The van der Waals surface area contributed by atoms with Gasteiger partial charge >= 0.3 is 0 Å². The highest BCUT2D eigenvalue weighted by molar-refractivity contribution is 7.94. The molecule has 1 heterocycles. The van der Waals surface area contributed by atoms with Gasteiger partial charge in [-0.25, -0.2) is 12.7 Å². The van der Waals surface area contributed by atoms with Crippen molar-refractivity contribution >= 4 is 33.2 Å². The minimum absolute atomic E-state index is 0.207. The van der Waals surface area contributed by atoms with E-state index in [1.165, 1.54) is 31.4 Å². The number of benzene rings is 2. The molecule has 3 rings (SSSR count). The summed E-state index contributed by atoms with van der Waals surface area (Å²) in [5.74, 6) is -1.08. The highest BCUT2D eigenvalue weighted by Gasteiger charge is 2.41. The average molecular weight is 388 g/mol. The molecule has 8 heteroatoms. The van der Waals surface area contributed by atoms with E-state index in [4.69, 9.17) is 4.74 Å². The molecule has 0 aliphatic carbocycles. The van der Waals surface area contributed by atoms with Gasteiger partial charge in [-0.1, -0.05) is 13.0 Å². The Morgan fingerprint density at radius 2 is 1.85 bits per heavy atom. The van der Waals surface area contributed by atoms with Crippen molar-refractivity contribution in [3.05, 3.63) is 53.6 Å². The molecule has 1 fully saturated rings. The number of carbonyl (C=O) groups excluding carboxylic acids is 2. The Balaban J connectivity index is 1.83. The van der Waals surface area contributed by atoms with Crippen LogP contribution in [0.3, 0.4) is 0 Å². The van der Waals surface area contributed by atoms with Crippen molar-refractivity contribution < 1.29 is 22.7 Å². The molecule has 1 aliphatic rings. The van der Waals surface area contributed by atoms with Gasteiger partial charge in [-0.2, -0.15) is 0 Å². The summed E-state index contributed by atoms with van der Waals surface area (Å²) in [5, 5.41) is 2.78. The minimum atomic E-state index is -3.67. The van der Waals surface area contributed by atoms with Crippen molar-refractivity contribution in [2.24, 2.45) is 5.92 Å². The molecule has 2 aromatic carbocycles. The number of amides is 2. The van der Waals surface area contributed by atoms with Crippen molar-refractivity contribution in [2.45, 2.75) is 13.8 Å². The average Bonchev–Trinajstić information content (AvgIpc) is 2.82. The van der Waals surface area contributed by atoms with Crippen LogP contribution in [-0.4, -0.2) is 33.1 Å². The summed E-state index contributed by atoms with van der Waals surface area (Å²) >= 11 is 0. The monoisotopic (exact) mass is 388 g/mol. The number of nitrogens with zero attached hydrogens (tertiary/aromatic N) is 1. The third-order valence-electron chi connectivity index (χ3n) is 4.33. The van der Waals surface area contributed by atoms with Crippen molar-refractivity contribution in [3.8, 4) is 5.75 Å². The number of sulfonamides is 1. The molecule has 0 bridgehead atoms. The number of hydrogen-bond donors (Lipinski definition) is 1. The van der Waals surface area contributed by atoms with Gasteiger partial charge < -0.3 is 10.1 Å². The van der Waals surface area contributed by atoms with E-state index in [9.17, 15) is 18.0 Å². The number of hydrogen-bond acceptors (Lipinski definition) is 5. The number of ether oxygens (including phenoxy) is 1. The van der Waals surface area contributed by atoms with E-state index in [0.717, 1.165) is 9.87 Å². The van der Waals surface area contributed by atoms with Crippen LogP contribution >= 0.6 is 0 Å². The normalized spacial score (nSPS) is 18.4. The van der Waals surface area contributed by atoms with Gasteiger partial charge in [0.1, 0.15) is 5.75 Å². The quantitative estimate of drug-likeness (QED) is 0.869. The summed E-state index contributed by atoms with van der Waals surface area (Å²) in [7, 11) is -2.15. The van der Waals surface area contributed by atoms with Crippen molar-refractivity contribution in [1.82, 2.24) is 0 Å². The van der Waals surface area contributed by atoms with Crippen LogP contribution in [0.25, 0.3) is 0 Å². The lowest BCUT2D eigenvalue weighted by atomic mass is 10.1. The Hall–Kier alpha value is -2.87. The van der Waals surface area contributed by atoms with Gasteiger partial charge in [0.05, 0.1) is 30.2 Å². The summed E-state index contributed by atoms with van der Waals surface area (Å²) in [6.07, 6.45) is 0. The van der Waals surface area contributed by atoms with Crippen molar-refractivity contribution in [3.63, 3.8) is 0 Å². The second-order valence-electron chi connectivity index (χ2n) is 6.49. The first-order chi connectivity index (χ1) is 12.7. The number of aryl methyl sites for hydroxylation is 1. The SMILES string of the molecule is COc1ccc(C)cc1NC(=O)c1ccc(N2C(=O)C(C)CS2(=O)=O)cc1. The van der Waals surface area contributed by atoms with Crippen LogP contribution in [0.15, 0.2) is 42.5 Å². The molecule has 7 nitrogen and oxygen atoms in total. The largest absolute Gasteiger partial charge is 0.495 e. The fourth-order valence-corrected chi connectivity index (χ4v) is 4.77. The standard InChI is InChI=1S/C19H20N2O5S/c1-12-4-9-17(26-3)16(10-12)20-18(22)14-5-7-15(8-6-14)21-19(23)13(2)11-27(21,24)25/h4-10,13H,11H2,1-3H3,(H,20,22). The molecule has 142 valence electrons. The van der Waals surface area contributed by atoms with Gasteiger partial charge in [0.2, 0.25) is 15.9 Å². The molecule has 1 saturated heterocycles. The maximum atomic E-state index is 12.5. The molecule has 0 spiro atoms. The maximum absolute atomic E-state index is 12.5. The molecule has 0 radical (unpaired) electrons. The number of methoxy groups -OCH3 is 1. The predicted molar refractivity (Wildman–Crippen MR) is 103 cm³/mol. The van der Waals surface area contributed by atoms with Crippen molar-refractivity contribution in [2.75, 3.05) is 22.5 Å². The highest BCUT2D eigenvalue weighted by atomic mass is 32.2. The zero-order valence-corrected chi connectivity index (χ0v) is 16.0. The lowest BCUT2D eigenvalue weighted by Crippen LogP contribution is -2.30. The molecule has 0 saturated carbocycles. The fraction of sp³-hybridized carbons (Fsp3) is 0.263. The lowest BCUT2D eigenvalue weighted by Gasteiger charge is -2.16. The predicted octanol–water partition coefficient (Wildman–Crippen LogP) is 2.57. The Bertz CT molecular complexity index is 999.